The van der Waals surface area contributed by atoms with E-state index in [-0.39, 0.29) is 30.4 Å². The summed E-state index contributed by atoms with van der Waals surface area (Å²) in [5.74, 6) is 0.185. The number of hydrogen-bond acceptors (Lipinski definition) is 3. The van der Waals surface area contributed by atoms with E-state index in [2.05, 4.69) is 10.6 Å². The van der Waals surface area contributed by atoms with Gasteiger partial charge in [-0.15, -0.1) is 0 Å². The molecule has 1 amide bonds. The summed E-state index contributed by atoms with van der Waals surface area (Å²) in [5.41, 5.74) is 1.63. The number of furan rings is 1. The molecule has 3 aromatic rings. The fourth-order valence-electron chi connectivity index (χ4n) is 2.87. The van der Waals surface area contributed by atoms with Crippen molar-refractivity contribution in [3.8, 4) is 0 Å². The average molecular weight is 387 g/mol. The Morgan fingerprint density at radius 3 is 2.52 bits per heavy atom. The predicted molar refractivity (Wildman–Crippen MR) is 103 cm³/mol. The van der Waals surface area contributed by atoms with E-state index < -0.39 is 0 Å². The predicted octanol–water partition coefficient (Wildman–Crippen LogP) is 4.63. The Kier molecular flexibility index (Phi) is 6.27. The molecule has 0 aliphatic heterocycles. The highest BCUT2D eigenvalue weighted by molar-refractivity contribution is 6.31. The van der Waals surface area contributed by atoms with Gasteiger partial charge in [0.15, 0.2) is 0 Å². The number of nitrogens with one attached hydrogen (secondary N) is 2. The molecule has 4 nitrogen and oxygen atoms in total. The van der Waals surface area contributed by atoms with E-state index in [4.69, 9.17) is 16.0 Å². The average Bonchev–Trinajstić information content (AvgIpc) is 3.19. The first kappa shape index (κ1) is 19.1. The zero-order valence-electron chi connectivity index (χ0n) is 14.8. The van der Waals surface area contributed by atoms with Crippen LogP contribution in [0, 0.1) is 5.82 Å². The summed E-state index contributed by atoms with van der Waals surface area (Å²) in [5, 5.41) is 6.66. The maximum Gasteiger partial charge on any atom is 0.234 e. The second kappa shape index (κ2) is 8.84. The first-order valence-electron chi connectivity index (χ1n) is 8.60. The van der Waals surface area contributed by atoms with Gasteiger partial charge in [-0.05, 0) is 48.4 Å². The fraction of sp³-hybridized carbons (Fsp3) is 0.190. The lowest BCUT2D eigenvalue weighted by Gasteiger charge is -2.21. The number of halogens is 2. The van der Waals surface area contributed by atoms with Crippen molar-refractivity contribution in [3.05, 3.63) is 94.7 Å². The van der Waals surface area contributed by atoms with Crippen molar-refractivity contribution in [2.75, 3.05) is 6.54 Å². The van der Waals surface area contributed by atoms with E-state index in [1.165, 1.54) is 12.1 Å². The van der Waals surface area contributed by atoms with Gasteiger partial charge in [0, 0.05) is 5.02 Å². The minimum Gasteiger partial charge on any atom is -0.467 e. The third kappa shape index (κ3) is 4.96. The molecular formula is C21H20ClFN2O2. The summed E-state index contributed by atoms with van der Waals surface area (Å²) in [6.07, 6.45) is 1.57. The van der Waals surface area contributed by atoms with Crippen LogP contribution in [0.1, 0.15) is 35.9 Å². The van der Waals surface area contributed by atoms with Crippen LogP contribution in [-0.4, -0.2) is 12.5 Å². The molecule has 2 N–H and O–H groups in total. The Morgan fingerprint density at radius 2 is 1.85 bits per heavy atom. The van der Waals surface area contributed by atoms with Crippen molar-refractivity contribution in [1.29, 1.82) is 0 Å². The molecule has 0 aliphatic rings. The van der Waals surface area contributed by atoms with Crippen molar-refractivity contribution in [1.82, 2.24) is 10.6 Å². The highest BCUT2D eigenvalue weighted by atomic mass is 35.5. The molecule has 0 bridgehead atoms. The second-order valence-electron chi connectivity index (χ2n) is 6.19. The zero-order chi connectivity index (χ0) is 19.2. The van der Waals surface area contributed by atoms with Crippen molar-refractivity contribution in [3.63, 3.8) is 0 Å². The van der Waals surface area contributed by atoms with Gasteiger partial charge in [-0.25, -0.2) is 4.39 Å². The van der Waals surface area contributed by atoms with E-state index in [0.29, 0.717) is 10.8 Å². The summed E-state index contributed by atoms with van der Waals surface area (Å²) in [4.78, 5) is 12.3. The van der Waals surface area contributed by atoms with Crippen molar-refractivity contribution >= 4 is 17.5 Å². The van der Waals surface area contributed by atoms with Gasteiger partial charge < -0.3 is 9.73 Å². The third-order valence-electron chi connectivity index (χ3n) is 4.23. The van der Waals surface area contributed by atoms with Crippen molar-refractivity contribution in [2.45, 2.75) is 19.0 Å². The smallest absolute Gasteiger partial charge is 0.234 e. The second-order valence-corrected chi connectivity index (χ2v) is 6.60. The summed E-state index contributed by atoms with van der Waals surface area (Å²) in [6, 6.07) is 16.5. The molecule has 2 atom stereocenters. The summed E-state index contributed by atoms with van der Waals surface area (Å²) < 4.78 is 18.6. The van der Waals surface area contributed by atoms with Gasteiger partial charge in [-0.1, -0.05) is 41.9 Å². The van der Waals surface area contributed by atoms with Crippen LogP contribution in [-0.2, 0) is 4.79 Å². The van der Waals surface area contributed by atoms with E-state index in [1.807, 2.05) is 31.2 Å². The molecule has 3 rings (SSSR count). The van der Waals surface area contributed by atoms with Crippen LogP contribution < -0.4 is 10.6 Å². The lowest BCUT2D eigenvalue weighted by molar-refractivity contribution is -0.121. The van der Waals surface area contributed by atoms with Gasteiger partial charge in [0.25, 0.3) is 0 Å². The quantitative estimate of drug-likeness (QED) is 0.622. The lowest BCUT2D eigenvalue weighted by Crippen LogP contribution is -2.37. The van der Waals surface area contributed by atoms with Crippen LogP contribution in [0.3, 0.4) is 0 Å². The largest absolute Gasteiger partial charge is 0.467 e. The molecule has 0 saturated carbocycles. The van der Waals surface area contributed by atoms with Crippen molar-refractivity contribution in [2.24, 2.45) is 0 Å². The summed E-state index contributed by atoms with van der Waals surface area (Å²) >= 11 is 6.34. The zero-order valence-corrected chi connectivity index (χ0v) is 15.5. The Morgan fingerprint density at radius 1 is 1.11 bits per heavy atom. The Balaban J connectivity index is 1.73. The summed E-state index contributed by atoms with van der Waals surface area (Å²) in [7, 11) is 0. The normalized spacial score (nSPS) is 13.1. The maximum atomic E-state index is 13.3. The SMILES string of the molecule is CC(NC(=O)CNC(c1ccc(F)cc1)c1ccccc1Cl)c1ccco1. The minimum atomic E-state index is -0.344. The lowest BCUT2D eigenvalue weighted by atomic mass is 9.98. The Labute approximate surface area is 162 Å². The van der Waals surface area contributed by atoms with Crippen LogP contribution in [0.15, 0.2) is 71.3 Å². The van der Waals surface area contributed by atoms with Crippen LogP contribution >= 0.6 is 11.6 Å². The van der Waals surface area contributed by atoms with Gasteiger partial charge in [0.05, 0.1) is 24.9 Å². The number of carbonyl (C=O) groups excluding carboxylic acids is 1. The molecule has 1 heterocycles. The summed E-state index contributed by atoms with van der Waals surface area (Å²) in [6.45, 7) is 1.92. The van der Waals surface area contributed by atoms with Crippen LogP contribution in [0.4, 0.5) is 4.39 Å². The van der Waals surface area contributed by atoms with Gasteiger partial charge >= 0.3 is 0 Å². The molecule has 0 radical (unpaired) electrons. The molecule has 2 aromatic carbocycles. The topological polar surface area (TPSA) is 54.3 Å². The van der Waals surface area contributed by atoms with E-state index in [0.717, 1.165) is 11.1 Å². The molecule has 0 aliphatic carbocycles. The molecule has 0 fully saturated rings. The van der Waals surface area contributed by atoms with Crippen LogP contribution in [0.25, 0.3) is 0 Å². The van der Waals surface area contributed by atoms with Gasteiger partial charge in [0.2, 0.25) is 5.91 Å². The Bertz CT molecular complexity index is 881. The van der Waals surface area contributed by atoms with Crippen molar-refractivity contribution < 1.29 is 13.6 Å². The van der Waals surface area contributed by atoms with E-state index in [9.17, 15) is 9.18 Å². The first-order chi connectivity index (χ1) is 13.0. The molecule has 2 unspecified atom stereocenters. The number of amides is 1. The van der Waals surface area contributed by atoms with E-state index in [1.54, 1.807) is 30.5 Å². The highest BCUT2D eigenvalue weighted by Crippen LogP contribution is 2.28. The van der Waals surface area contributed by atoms with Gasteiger partial charge in [-0.2, -0.15) is 0 Å². The molecule has 6 heteroatoms. The first-order valence-corrected chi connectivity index (χ1v) is 8.98. The molecule has 1 aromatic heterocycles. The van der Waals surface area contributed by atoms with Crippen LogP contribution in [0.2, 0.25) is 5.02 Å². The van der Waals surface area contributed by atoms with Gasteiger partial charge in [0.1, 0.15) is 11.6 Å². The molecule has 0 saturated heterocycles. The van der Waals surface area contributed by atoms with E-state index >= 15 is 0 Å². The Hall–Kier alpha value is -2.63. The number of benzene rings is 2. The fourth-order valence-corrected chi connectivity index (χ4v) is 3.11. The van der Waals surface area contributed by atoms with Crippen LogP contribution in [0.5, 0.6) is 0 Å². The van der Waals surface area contributed by atoms with Gasteiger partial charge in [-0.3, -0.25) is 10.1 Å². The molecule has 0 spiro atoms. The number of carbonyl (C=O) groups is 1. The number of rotatable bonds is 7. The molecule has 27 heavy (non-hydrogen) atoms. The molecule has 140 valence electrons. The highest BCUT2D eigenvalue weighted by Gasteiger charge is 2.19. The molecular weight excluding hydrogens is 367 g/mol. The number of hydrogen-bond donors (Lipinski definition) is 2. The maximum absolute atomic E-state index is 13.3. The monoisotopic (exact) mass is 386 g/mol. The standard InChI is InChI=1S/C21H20ClFN2O2/c1-14(19-7-4-12-27-19)25-20(26)13-24-21(15-8-10-16(23)11-9-15)17-5-2-3-6-18(17)22/h2-12,14,21,24H,13H2,1H3,(H,25,26). The minimum absolute atomic E-state index is 0.0678. The third-order valence-corrected chi connectivity index (χ3v) is 4.58.